The lowest BCUT2D eigenvalue weighted by Crippen LogP contribution is -2.30. The average Bonchev–Trinajstić information content (AvgIpc) is 3.06. The van der Waals surface area contributed by atoms with Crippen LogP contribution in [0.25, 0.3) is 22.5 Å². The van der Waals surface area contributed by atoms with E-state index in [2.05, 4.69) is 16.1 Å². The number of carbonyl (C=O) groups excluding carboxylic acids is 1. The molecular weight excluding hydrogens is 332 g/mol. The molecule has 0 fully saturated rings. The molecule has 2 N–H and O–H groups in total. The van der Waals surface area contributed by atoms with Crippen LogP contribution in [0.3, 0.4) is 0 Å². The number of rotatable bonds is 4. The first kappa shape index (κ1) is 16.1. The first-order valence-electron chi connectivity index (χ1n) is 8.23. The molecule has 0 bridgehead atoms. The van der Waals surface area contributed by atoms with E-state index in [9.17, 15) is 4.79 Å². The summed E-state index contributed by atoms with van der Waals surface area (Å²) in [5.74, 6) is 1.54. The van der Waals surface area contributed by atoms with Gasteiger partial charge in [-0.1, -0.05) is 12.1 Å². The van der Waals surface area contributed by atoms with Crippen molar-refractivity contribution in [3.8, 4) is 34.0 Å². The van der Waals surface area contributed by atoms with Gasteiger partial charge in [0, 0.05) is 24.2 Å². The lowest BCUT2D eigenvalue weighted by atomic mass is 9.94. The topological polar surface area (TPSA) is 92.3 Å². The van der Waals surface area contributed by atoms with Crippen LogP contribution < -0.4 is 15.2 Å². The second-order valence-corrected chi connectivity index (χ2v) is 6.19. The Morgan fingerprint density at radius 2 is 2.12 bits per heavy atom. The Hall–Kier alpha value is -3.35. The molecule has 0 spiro atoms. The molecule has 7 heteroatoms. The third kappa shape index (κ3) is 2.77. The molecule has 1 aliphatic rings. The predicted molar refractivity (Wildman–Crippen MR) is 95.5 cm³/mol. The maximum absolute atomic E-state index is 11.2. The Morgan fingerprint density at radius 1 is 1.27 bits per heavy atom. The molecule has 2 heterocycles. The van der Waals surface area contributed by atoms with Gasteiger partial charge in [-0.25, -0.2) is 9.67 Å². The summed E-state index contributed by atoms with van der Waals surface area (Å²) >= 11 is 0. The van der Waals surface area contributed by atoms with Crippen molar-refractivity contribution in [2.45, 2.75) is 19.6 Å². The number of ether oxygens (including phenoxy) is 2. The third-order valence-corrected chi connectivity index (χ3v) is 4.42. The number of hydrogen-bond donors (Lipinski definition) is 1. The van der Waals surface area contributed by atoms with Crippen LogP contribution >= 0.6 is 0 Å². The molecular formula is C19H18N4O3. The van der Waals surface area contributed by atoms with E-state index in [1.165, 1.54) is 6.33 Å². The Balaban J connectivity index is 1.72. The summed E-state index contributed by atoms with van der Waals surface area (Å²) in [7, 11) is 1.86. The van der Waals surface area contributed by atoms with Gasteiger partial charge < -0.3 is 15.2 Å². The number of primary amides is 1. The number of carbonyl (C=O) groups is 1. The lowest BCUT2D eigenvalue weighted by Gasteiger charge is -2.22. The molecule has 1 atom stereocenters. The van der Waals surface area contributed by atoms with Crippen molar-refractivity contribution >= 4 is 5.91 Å². The molecule has 0 saturated carbocycles. The molecule has 3 aromatic rings. The highest BCUT2D eigenvalue weighted by Gasteiger charge is 2.20. The van der Waals surface area contributed by atoms with Gasteiger partial charge in [0.2, 0.25) is 0 Å². The van der Waals surface area contributed by atoms with Gasteiger partial charge >= 0.3 is 0 Å². The number of nitrogens with two attached hydrogens (primary N) is 1. The van der Waals surface area contributed by atoms with Crippen LogP contribution in [0.1, 0.15) is 12.5 Å². The van der Waals surface area contributed by atoms with Crippen LogP contribution in [0.5, 0.6) is 11.5 Å². The van der Waals surface area contributed by atoms with Gasteiger partial charge in [0.15, 0.2) is 11.9 Å². The van der Waals surface area contributed by atoms with Crippen molar-refractivity contribution in [2.24, 2.45) is 12.8 Å². The van der Waals surface area contributed by atoms with E-state index >= 15 is 0 Å². The fraction of sp³-hybridized carbons (Fsp3) is 0.211. The minimum atomic E-state index is -0.702. The van der Waals surface area contributed by atoms with Crippen molar-refractivity contribution in [3.63, 3.8) is 0 Å². The van der Waals surface area contributed by atoms with Crippen LogP contribution in [0.4, 0.5) is 0 Å². The zero-order valence-electron chi connectivity index (χ0n) is 14.5. The van der Waals surface area contributed by atoms with E-state index in [-0.39, 0.29) is 0 Å². The molecule has 1 aromatic heterocycles. The zero-order valence-corrected chi connectivity index (χ0v) is 14.5. The van der Waals surface area contributed by atoms with Gasteiger partial charge in [0.1, 0.15) is 24.4 Å². The maximum atomic E-state index is 11.2. The normalized spacial score (nSPS) is 13.3. The van der Waals surface area contributed by atoms with E-state index in [0.717, 1.165) is 28.1 Å². The summed E-state index contributed by atoms with van der Waals surface area (Å²) in [6.07, 6.45) is 0.835. The lowest BCUT2D eigenvalue weighted by molar-refractivity contribution is -0.123. The number of aromatic nitrogens is 3. The molecule has 132 valence electrons. The maximum Gasteiger partial charge on any atom is 0.258 e. The molecule has 0 aliphatic carbocycles. The summed E-state index contributed by atoms with van der Waals surface area (Å²) < 4.78 is 13.1. The van der Waals surface area contributed by atoms with Crippen molar-refractivity contribution in [1.29, 1.82) is 0 Å². The Bertz CT molecular complexity index is 996. The summed E-state index contributed by atoms with van der Waals surface area (Å²) in [4.78, 5) is 15.5. The molecule has 7 nitrogen and oxygen atoms in total. The first-order chi connectivity index (χ1) is 12.5. The van der Waals surface area contributed by atoms with Gasteiger partial charge in [0.05, 0.1) is 0 Å². The number of fused-ring (bicyclic) bond motifs is 3. The SMILES string of the molecule is C[C@H](Oc1ccc2c(c1)OCc1ccc(-c3ncnn3C)cc1-2)C(N)=O. The van der Waals surface area contributed by atoms with E-state index in [0.29, 0.717) is 18.1 Å². The fourth-order valence-corrected chi connectivity index (χ4v) is 2.99. The van der Waals surface area contributed by atoms with Crippen molar-refractivity contribution in [3.05, 3.63) is 48.3 Å². The second kappa shape index (κ2) is 6.18. The Labute approximate surface area is 150 Å². The van der Waals surface area contributed by atoms with Gasteiger partial charge in [-0.3, -0.25) is 4.79 Å². The molecule has 26 heavy (non-hydrogen) atoms. The Morgan fingerprint density at radius 3 is 2.85 bits per heavy atom. The number of nitrogens with zero attached hydrogens (tertiary/aromatic N) is 3. The van der Waals surface area contributed by atoms with Gasteiger partial charge in [-0.2, -0.15) is 5.10 Å². The van der Waals surface area contributed by atoms with E-state index in [1.54, 1.807) is 17.7 Å². The number of amides is 1. The number of benzene rings is 2. The molecule has 0 unspecified atom stereocenters. The highest BCUT2D eigenvalue weighted by atomic mass is 16.5. The second-order valence-electron chi connectivity index (χ2n) is 6.19. The van der Waals surface area contributed by atoms with Crippen molar-refractivity contribution in [2.75, 3.05) is 0 Å². The monoisotopic (exact) mass is 350 g/mol. The summed E-state index contributed by atoms with van der Waals surface area (Å²) in [6.45, 7) is 2.08. The van der Waals surface area contributed by atoms with E-state index < -0.39 is 12.0 Å². The summed E-state index contributed by atoms with van der Waals surface area (Å²) in [5.41, 5.74) is 9.39. The van der Waals surface area contributed by atoms with Gasteiger partial charge in [0.25, 0.3) is 5.91 Å². The summed E-state index contributed by atoms with van der Waals surface area (Å²) in [5, 5.41) is 4.13. The van der Waals surface area contributed by atoms with Crippen molar-refractivity contribution < 1.29 is 14.3 Å². The van der Waals surface area contributed by atoms with Gasteiger partial charge in [-0.15, -0.1) is 0 Å². The zero-order chi connectivity index (χ0) is 18.3. The fourth-order valence-electron chi connectivity index (χ4n) is 2.99. The standard InChI is InChI=1S/C19H18N4O3/c1-11(18(20)24)26-14-5-6-15-16-7-12(19-21-10-22-23(19)2)3-4-13(16)9-25-17(15)8-14/h3-8,10-11H,9H2,1-2H3,(H2,20,24)/t11-/m0/s1. The highest BCUT2D eigenvalue weighted by Crippen LogP contribution is 2.41. The Kier molecular flexibility index (Phi) is 3.84. The highest BCUT2D eigenvalue weighted by molar-refractivity contribution is 5.80. The minimum absolute atomic E-state index is 0.469. The molecule has 4 rings (SSSR count). The van der Waals surface area contributed by atoms with Crippen LogP contribution in [-0.4, -0.2) is 26.8 Å². The largest absolute Gasteiger partial charge is 0.488 e. The molecule has 1 aliphatic heterocycles. The average molecular weight is 350 g/mol. The molecule has 0 radical (unpaired) electrons. The van der Waals surface area contributed by atoms with Gasteiger partial charge in [-0.05, 0) is 36.2 Å². The molecule has 2 aromatic carbocycles. The molecule has 1 amide bonds. The molecule has 0 saturated heterocycles. The first-order valence-corrected chi connectivity index (χ1v) is 8.23. The minimum Gasteiger partial charge on any atom is -0.488 e. The van der Waals surface area contributed by atoms with Crippen LogP contribution in [-0.2, 0) is 18.4 Å². The predicted octanol–water partition coefficient (Wildman–Crippen LogP) is 2.29. The van der Waals surface area contributed by atoms with E-state index in [1.807, 2.05) is 31.3 Å². The number of hydrogen-bond acceptors (Lipinski definition) is 5. The van der Waals surface area contributed by atoms with Crippen LogP contribution in [0.15, 0.2) is 42.7 Å². The summed E-state index contributed by atoms with van der Waals surface area (Å²) in [6, 6.07) is 11.7. The number of aryl methyl sites for hydroxylation is 1. The van der Waals surface area contributed by atoms with Crippen LogP contribution in [0, 0.1) is 0 Å². The smallest absolute Gasteiger partial charge is 0.258 e. The quantitative estimate of drug-likeness (QED) is 0.779. The van der Waals surface area contributed by atoms with Crippen molar-refractivity contribution in [1.82, 2.24) is 14.8 Å². The van der Waals surface area contributed by atoms with Crippen LogP contribution in [0.2, 0.25) is 0 Å². The third-order valence-electron chi connectivity index (χ3n) is 4.42. The van der Waals surface area contributed by atoms with E-state index in [4.69, 9.17) is 15.2 Å².